The van der Waals surface area contributed by atoms with E-state index >= 15 is 0 Å². The average Bonchev–Trinajstić information content (AvgIpc) is 2.74. The smallest absolute Gasteiger partial charge is 0.288 e. The van der Waals surface area contributed by atoms with Crippen molar-refractivity contribution in [3.05, 3.63) is 69.2 Å². The SMILES string of the molecule is O=C(CCN1CCN(c2ccccc2)CC1)N/N=C\c1ccc(Cl)c([N+](=O)[O-])c1. The lowest BCUT2D eigenvalue weighted by atomic mass is 10.2. The number of halogens is 1. The first-order valence-electron chi connectivity index (χ1n) is 9.31. The van der Waals surface area contributed by atoms with Gasteiger partial charge in [-0.25, -0.2) is 5.43 Å². The van der Waals surface area contributed by atoms with Crippen molar-refractivity contribution >= 4 is 35.1 Å². The van der Waals surface area contributed by atoms with Crippen molar-refractivity contribution < 1.29 is 9.72 Å². The van der Waals surface area contributed by atoms with Gasteiger partial charge in [0.1, 0.15) is 5.02 Å². The third-order valence-corrected chi connectivity index (χ3v) is 5.04. The van der Waals surface area contributed by atoms with Gasteiger partial charge in [0, 0.05) is 56.5 Å². The number of rotatable bonds is 7. The molecule has 1 fully saturated rings. The van der Waals surface area contributed by atoms with E-state index in [1.54, 1.807) is 6.07 Å². The van der Waals surface area contributed by atoms with Gasteiger partial charge in [-0.05, 0) is 18.2 Å². The second-order valence-corrected chi connectivity index (χ2v) is 7.08. The predicted octanol–water partition coefficient (Wildman–Crippen LogP) is 2.91. The number of nitrogens with one attached hydrogen (secondary N) is 1. The molecule has 0 aromatic heterocycles. The van der Waals surface area contributed by atoms with Crippen molar-refractivity contribution in [3.8, 4) is 0 Å². The Morgan fingerprint density at radius 2 is 1.90 bits per heavy atom. The van der Waals surface area contributed by atoms with Crippen LogP contribution in [0.15, 0.2) is 53.6 Å². The average molecular weight is 416 g/mol. The molecule has 8 nitrogen and oxygen atoms in total. The molecule has 1 heterocycles. The Labute approximate surface area is 173 Å². The van der Waals surface area contributed by atoms with E-state index in [1.807, 2.05) is 18.2 Å². The Kier molecular flexibility index (Phi) is 7.15. The molecule has 2 aromatic carbocycles. The number of para-hydroxylation sites is 1. The minimum absolute atomic E-state index is 0.0588. The molecular weight excluding hydrogens is 394 g/mol. The maximum absolute atomic E-state index is 12.0. The fraction of sp³-hybridized carbons (Fsp3) is 0.300. The van der Waals surface area contributed by atoms with E-state index in [2.05, 4.69) is 32.5 Å². The summed E-state index contributed by atoms with van der Waals surface area (Å²) in [6.45, 7) is 4.33. The molecule has 29 heavy (non-hydrogen) atoms. The van der Waals surface area contributed by atoms with Crippen LogP contribution in [0.1, 0.15) is 12.0 Å². The van der Waals surface area contributed by atoms with Crippen molar-refractivity contribution in [2.45, 2.75) is 6.42 Å². The standard InChI is InChI=1S/C20H22ClN5O3/c21-18-7-6-16(14-19(18)26(28)29)15-22-23-20(27)8-9-24-10-12-25(13-11-24)17-4-2-1-3-5-17/h1-7,14-15H,8-13H2,(H,23,27)/b22-15-. The van der Waals surface area contributed by atoms with E-state index in [0.717, 1.165) is 26.2 Å². The topological polar surface area (TPSA) is 91.1 Å². The first-order valence-corrected chi connectivity index (χ1v) is 9.69. The van der Waals surface area contributed by atoms with Gasteiger partial charge in [-0.15, -0.1) is 0 Å². The van der Waals surface area contributed by atoms with E-state index in [1.165, 1.54) is 24.0 Å². The van der Waals surface area contributed by atoms with Crippen LogP contribution in [0, 0.1) is 10.1 Å². The summed E-state index contributed by atoms with van der Waals surface area (Å²) in [5.74, 6) is -0.199. The summed E-state index contributed by atoms with van der Waals surface area (Å²) in [4.78, 5) is 26.9. The van der Waals surface area contributed by atoms with Gasteiger partial charge in [-0.2, -0.15) is 5.10 Å². The molecule has 1 N–H and O–H groups in total. The molecule has 1 amide bonds. The summed E-state index contributed by atoms with van der Waals surface area (Å²) in [5, 5.41) is 14.8. The highest BCUT2D eigenvalue weighted by Gasteiger charge is 2.17. The molecule has 0 aliphatic carbocycles. The van der Waals surface area contributed by atoms with Crippen molar-refractivity contribution in [2.24, 2.45) is 5.10 Å². The first kappa shape index (κ1) is 20.8. The van der Waals surface area contributed by atoms with Crippen molar-refractivity contribution in [3.63, 3.8) is 0 Å². The lowest BCUT2D eigenvalue weighted by Crippen LogP contribution is -2.47. The third kappa shape index (κ3) is 6.00. The minimum atomic E-state index is -0.560. The zero-order valence-electron chi connectivity index (χ0n) is 15.8. The van der Waals surface area contributed by atoms with Gasteiger partial charge in [-0.3, -0.25) is 19.8 Å². The van der Waals surface area contributed by atoms with Gasteiger partial charge in [0.15, 0.2) is 0 Å². The summed E-state index contributed by atoms with van der Waals surface area (Å²) in [5.41, 5.74) is 3.97. The fourth-order valence-corrected chi connectivity index (χ4v) is 3.30. The second kappa shape index (κ2) is 9.99. The zero-order valence-corrected chi connectivity index (χ0v) is 16.6. The number of anilines is 1. The molecule has 3 rings (SSSR count). The molecule has 1 aliphatic heterocycles. The van der Waals surface area contributed by atoms with Gasteiger partial charge in [0.25, 0.3) is 5.69 Å². The van der Waals surface area contributed by atoms with E-state index in [-0.39, 0.29) is 16.6 Å². The Hall–Kier alpha value is -2.97. The number of nitrogens with zero attached hydrogens (tertiary/aromatic N) is 4. The molecule has 2 aromatic rings. The number of benzene rings is 2. The number of hydrogen-bond donors (Lipinski definition) is 1. The molecule has 152 valence electrons. The molecule has 0 bridgehead atoms. The summed E-state index contributed by atoms with van der Waals surface area (Å²) in [6, 6.07) is 14.6. The highest BCUT2D eigenvalue weighted by atomic mass is 35.5. The van der Waals surface area contributed by atoms with Gasteiger partial charge in [0.2, 0.25) is 5.91 Å². The Bertz CT molecular complexity index is 883. The quantitative estimate of drug-likeness (QED) is 0.426. The zero-order chi connectivity index (χ0) is 20.6. The number of piperazine rings is 1. The van der Waals surface area contributed by atoms with Crippen molar-refractivity contribution in [1.29, 1.82) is 0 Å². The molecule has 0 spiro atoms. The fourth-order valence-electron chi connectivity index (χ4n) is 3.11. The molecule has 1 aliphatic rings. The van der Waals surface area contributed by atoms with E-state index in [0.29, 0.717) is 18.5 Å². The predicted molar refractivity (Wildman–Crippen MR) is 114 cm³/mol. The number of carbonyl (C=O) groups is 1. The summed E-state index contributed by atoms with van der Waals surface area (Å²) in [7, 11) is 0. The van der Waals surface area contributed by atoms with E-state index in [9.17, 15) is 14.9 Å². The Morgan fingerprint density at radius 3 is 2.59 bits per heavy atom. The molecule has 9 heteroatoms. The monoisotopic (exact) mass is 415 g/mol. The van der Waals surface area contributed by atoms with Crippen LogP contribution in [0.2, 0.25) is 5.02 Å². The summed E-state index contributed by atoms with van der Waals surface area (Å²) >= 11 is 5.77. The van der Waals surface area contributed by atoms with Gasteiger partial charge < -0.3 is 4.90 Å². The Balaban J connectivity index is 1.40. The second-order valence-electron chi connectivity index (χ2n) is 6.68. The van der Waals surface area contributed by atoms with Crippen LogP contribution < -0.4 is 10.3 Å². The maximum Gasteiger partial charge on any atom is 0.288 e. The van der Waals surface area contributed by atoms with Crippen LogP contribution in [0.3, 0.4) is 0 Å². The number of carbonyl (C=O) groups excluding carboxylic acids is 1. The van der Waals surface area contributed by atoms with Crippen LogP contribution in [-0.2, 0) is 4.79 Å². The van der Waals surface area contributed by atoms with E-state index < -0.39 is 4.92 Å². The highest BCUT2D eigenvalue weighted by Crippen LogP contribution is 2.24. The van der Waals surface area contributed by atoms with Crippen LogP contribution in [0.4, 0.5) is 11.4 Å². The number of hydrazone groups is 1. The van der Waals surface area contributed by atoms with Crippen LogP contribution in [-0.4, -0.2) is 54.7 Å². The molecular formula is C20H22ClN5O3. The highest BCUT2D eigenvalue weighted by molar-refractivity contribution is 6.32. The van der Waals surface area contributed by atoms with E-state index in [4.69, 9.17) is 11.6 Å². The van der Waals surface area contributed by atoms with Gasteiger partial charge >= 0.3 is 0 Å². The third-order valence-electron chi connectivity index (χ3n) is 4.72. The first-order chi connectivity index (χ1) is 14.0. The molecule has 0 unspecified atom stereocenters. The largest absolute Gasteiger partial charge is 0.369 e. The van der Waals surface area contributed by atoms with Crippen molar-refractivity contribution in [2.75, 3.05) is 37.6 Å². The lowest BCUT2D eigenvalue weighted by Gasteiger charge is -2.36. The van der Waals surface area contributed by atoms with Crippen LogP contribution >= 0.6 is 11.6 Å². The molecule has 0 saturated carbocycles. The van der Waals surface area contributed by atoms with Crippen LogP contribution in [0.5, 0.6) is 0 Å². The molecule has 0 radical (unpaired) electrons. The number of hydrogen-bond acceptors (Lipinski definition) is 6. The summed E-state index contributed by atoms with van der Waals surface area (Å²) in [6.07, 6.45) is 1.70. The number of amides is 1. The maximum atomic E-state index is 12.0. The number of nitro benzene ring substituents is 1. The van der Waals surface area contributed by atoms with Gasteiger partial charge in [0.05, 0.1) is 11.1 Å². The minimum Gasteiger partial charge on any atom is -0.369 e. The van der Waals surface area contributed by atoms with Gasteiger partial charge in [-0.1, -0.05) is 35.9 Å². The normalized spacial score (nSPS) is 14.9. The lowest BCUT2D eigenvalue weighted by molar-refractivity contribution is -0.384. The molecule has 0 atom stereocenters. The molecule has 1 saturated heterocycles. The van der Waals surface area contributed by atoms with Crippen molar-refractivity contribution in [1.82, 2.24) is 10.3 Å². The Morgan fingerprint density at radius 1 is 1.17 bits per heavy atom. The summed E-state index contributed by atoms with van der Waals surface area (Å²) < 4.78 is 0. The van der Waals surface area contributed by atoms with Crippen LogP contribution in [0.25, 0.3) is 0 Å². The number of nitro groups is 1.